The monoisotopic (exact) mass is 279 g/mol. The molecule has 1 aromatic carbocycles. The predicted molar refractivity (Wildman–Crippen MR) is 85.5 cm³/mol. The molecule has 0 spiro atoms. The van der Waals surface area contributed by atoms with Gasteiger partial charge in [-0.25, -0.2) is 4.39 Å². The Labute approximate surface area is 124 Å². The molecule has 2 heteroatoms. The second-order valence-electron chi connectivity index (χ2n) is 7.40. The largest absolute Gasteiger partial charge is 0.316 e. The molecule has 0 radical (unpaired) electrons. The van der Waals surface area contributed by atoms with Crippen LogP contribution < -0.4 is 5.32 Å². The fraction of sp³-hybridized carbons (Fsp3) is 0.667. The molecule has 0 aliphatic rings. The zero-order valence-corrected chi connectivity index (χ0v) is 13.7. The van der Waals surface area contributed by atoms with Gasteiger partial charge in [0.1, 0.15) is 5.82 Å². The van der Waals surface area contributed by atoms with Gasteiger partial charge < -0.3 is 5.32 Å². The highest BCUT2D eigenvalue weighted by Gasteiger charge is 2.17. The molecule has 0 aromatic heterocycles. The molecule has 1 atom stereocenters. The molecule has 1 N–H and O–H groups in total. The first kappa shape index (κ1) is 17.2. The number of benzene rings is 1. The number of hydrogen-bond acceptors (Lipinski definition) is 1. The first-order valence-electron chi connectivity index (χ1n) is 7.74. The van der Waals surface area contributed by atoms with Gasteiger partial charge >= 0.3 is 0 Å². The van der Waals surface area contributed by atoms with Crippen LogP contribution in [0, 0.1) is 17.2 Å². The normalized spacial score (nSPS) is 13.8. The Morgan fingerprint density at radius 3 is 2.15 bits per heavy atom. The summed E-state index contributed by atoms with van der Waals surface area (Å²) in [6.45, 7) is 13.3. The number of nitrogens with one attached hydrogen (secondary N) is 1. The lowest BCUT2D eigenvalue weighted by atomic mass is 9.84. The number of halogens is 1. The summed E-state index contributed by atoms with van der Waals surface area (Å²) in [6.07, 6.45) is 2.32. The van der Waals surface area contributed by atoms with Gasteiger partial charge in [0, 0.05) is 6.54 Å². The van der Waals surface area contributed by atoms with Crippen LogP contribution >= 0.6 is 0 Å². The van der Waals surface area contributed by atoms with Crippen molar-refractivity contribution in [3.05, 3.63) is 35.6 Å². The van der Waals surface area contributed by atoms with Gasteiger partial charge in [-0.3, -0.25) is 0 Å². The van der Waals surface area contributed by atoms with Crippen molar-refractivity contribution in [2.45, 2.75) is 53.4 Å². The van der Waals surface area contributed by atoms with Gasteiger partial charge in [0.2, 0.25) is 0 Å². The quantitative estimate of drug-likeness (QED) is 0.742. The number of rotatable bonds is 7. The van der Waals surface area contributed by atoms with Crippen LogP contribution in [0.15, 0.2) is 24.3 Å². The molecule has 0 fully saturated rings. The zero-order chi connectivity index (χ0) is 15.2. The Morgan fingerprint density at radius 1 is 1.05 bits per heavy atom. The second-order valence-corrected chi connectivity index (χ2v) is 7.40. The molecular weight excluding hydrogens is 249 g/mol. The molecule has 0 aliphatic heterocycles. The summed E-state index contributed by atoms with van der Waals surface area (Å²) in [5.41, 5.74) is 1.59. The molecule has 0 aliphatic carbocycles. The lowest BCUT2D eigenvalue weighted by Crippen LogP contribution is -2.26. The molecule has 1 unspecified atom stereocenters. The first-order chi connectivity index (χ1) is 9.28. The second kappa shape index (κ2) is 7.78. The zero-order valence-electron chi connectivity index (χ0n) is 13.7. The Bertz CT molecular complexity index is 375. The van der Waals surface area contributed by atoms with E-state index < -0.39 is 0 Å². The minimum Gasteiger partial charge on any atom is -0.316 e. The molecule has 1 rings (SSSR count). The highest BCUT2D eigenvalue weighted by molar-refractivity contribution is 5.20. The van der Waals surface area contributed by atoms with Gasteiger partial charge in [0.05, 0.1) is 0 Å². The van der Waals surface area contributed by atoms with Crippen molar-refractivity contribution in [1.82, 2.24) is 5.32 Å². The van der Waals surface area contributed by atoms with Crippen molar-refractivity contribution < 1.29 is 4.39 Å². The van der Waals surface area contributed by atoms with Gasteiger partial charge in [-0.05, 0) is 54.3 Å². The highest BCUT2D eigenvalue weighted by atomic mass is 19.1. The van der Waals surface area contributed by atoms with Crippen molar-refractivity contribution >= 4 is 0 Å². The molecule has 1 nitrogen and oxygen atoms in total. The van der Waals surface area contributed by atoms with Gasteiger partial charge in [-0.15, -0.1) is 0 Å². The van der Waals surface area contributed by atoms with Crippen LogP contribution in [0.25, 0.3) is 0 Å². The molecule has 0 saturated heterocycles. The summed E-state index contributed by atoms with van der Waals surface area (Å²) in [4.78, 5) is 0. The van der Waals surface area contributed by atoms with Crippen LogP contribution in [-0.4, -0.2) is 13.1 Å². The molecule has 114 valence electrons. The maximum atomic E-state index is 13.1. The van der Waals surface area contributed by atoms with Crippen molar-refractivity contribution in [2.24, 2.45) is 11.3 Å². The minimum atomic E-state index is -0.154. The molecule has 0 saturated carbocycles. The SMILES string of the molecule is CC(C)CNCC(CCC(C)(C)C)c1ccc(F)cc1. The Balaban J connectivity index is 2.65. The van der Waals surface area contributed by atoms with Crippen LogP contribution in [0.4, 0.5) is 4.39 Å². The Kier molecular flexibility index (Phi) is 6.67. The molecule has 0 bridgehead atoms. The van der Waals surface area contributed by atoms with E-state index in [1.807, 2.05) is 12.1 Å². The summed E-state index contributed by atoms with van der Waals surface area (Å²) in [7, 11) is 0. The maximum absolute atomic E-state index is 13.1. The van der Waals surface area contributed by atoms with E-state index in [1.165, 1.54) is 12.0 Å². The third kappa shape index (κ3) is 7.04. The van der Waals surface area contributed by atoms with Crippen LogP contribution in [0.2, 0.25) is 0 Å². The van der Waals surface area contributed by atoms with Gasteiger partial charge in [-0.1, -0.05) is 46.8 Å². The molecule has 0 amide bonds. The third-order valence-corrected chi connectivity index (χ3v) is 3.53. The predicted octanol–water partition coefficient (Wildman–Crippen LogP) is 4.98. The standard InChI is InChI=1S/C18H30FN/c1-14(2)12-20-13-16(10-11-18(3,4)5)15-6-8-17(19)9-7-15/h6-9,14,16,20H,10-13H2,1-5H3. The summed E-state index contributed by atoms with van der Waals surface area (Å²) in [5.74, 6) is 0.971. The topological polar surface area (TPSA) is 12.0 Å². The fourth-order valence-corrected chi connectivity index (χ4v) is 2.28. The van der Waals surface area contributed by atoms with Crippen molar-refractivity contribution in [3.63, 3.8) is 0 Å². The van der Waals surface area contributed by atoms with E-state index in [1.54, 1.807) is 12.1 Å². The molecule has 0 heterocycles. The summed E-state index contributed by atoms with van der Waals surface area (Å²) >= 11 is 0. The minimum absolute atomic E-state index is 0.154. The number of hydrogen-bond donors (Lipinski definition) is 1. The van der Waals surface area contributed by atoms with E-state index in [9.17, 15) is 4.39 Å². The highest BCUT2D eigenvalue weighted by Crippen LogP contribution is 2.28. The van der Waals surface area contributed by atoms with E-state index >= 15 is 0 Å². The van der Waals surface area contributed by atoms with E-state index in [-0.39, 0.29) is 5.82 Å². The average molecular weight is 279 g/mol. The van der Waals surface area contributed by atoms with Crippen LogP contribution in [0.3, 0.4) is 0 Å². The van der Waals surface area contributed by atoms with Crippen molar-refractivity contribution in [2.75, 3.05) is 13.1 Å². The van der Waals surface area contributed by atoms with Crippen LogP contribution in [0.5, 0.6) is 0 Å². The maximum Gasteiger partial charge on any atom is 0.123 e. The smallest absolute Gasteiger partial charge is 0.123 e. The molecule has 20 heavy (non-hydrogen) atoms. The summed E-state index contributed by atoms with van der Waals surface area (Å²) in [6, 6.07) is 7.00. The van der Waals surface area contributed by atoms with Crippen molar-refractivity contribution in [3.8, 4) is 0 Å². The molecular formula is C18H30FN. The van der Waals surface area contributed by atoms with Crippen LogP contribution in [0.1, 0.15) is 58.9 Å². The van der Waals surface area contributed by atoms with E-state index in [0.717, 1.165) is 19.5 Å². The molecule has 1 aromatic rings. The van der Waals surface area contributed by atoms with E-state index in [0.29, 0.717) is 17.3 Å². The first-order valence-corrected chi connectivity index (χ1v) is 7.74. The van der Waals surface area contributed by atoms with E-state index in [2.05, 4.69) is 39.9 Å². The van der Waals surface area contributed by atoms with E-state index in [4.69, 9.17) is 0 Å². The Hall–Kier alpha value is -0.890. The van der Waals surface area contributed by atoms with Gasteiger partial charge in [-0.2, -0.15) is 0 Å². The van der Waals surface area contributed by atoms with Gasteiger partial charge in [0.25, 0.3) is 0 Å². The van der Waals surface area contributed by atoms with Gasteiger partial charge in [0.15, 0.2) is 0 Å². The summed E-state index contributed by atoms with van der Waals surface area (Å²) < 4.78 is 13.1. The van der Waals surface area contributed by atoms with Crippen molar-refractivity contribution in [1.29, 1.82) is 0 Å². The Morgan fingerprint density at radius 2 is 1.65 bits per heavy atom. The van der Waals surface area contributed by atoms with Crippen LogP contribution in [-0.2, 0) is 0 Å². The lowest BCUT2D eigenvalue weighted by molar-refractivity contribution is 0.343. The lowest BCUT2D eigenvalue weighted by Gasteiger charge is -2.24. The average Bonchev–Trinajstić information content (AvgIpc) is 2.33. The third-order valence-electron chi connectivity index (χ3n) is 3.53. The summed E-state index contributed by atoms with van der Waals surface area (Å²) in [5, 5.41) is 3.54. The fourth-order valence-electron chi connectivity index (χ4n) is 2.28.